The van der Waals surface area contributed by atoms with Crippen LogP contribution in [0.3, 0.4) is 0 Å². The Balaban J connectivity index is 1.52. The second-order valence-corrected chi connectivity index (χ2v) is 12.1. The van der Waals surface area contributed by atoms with Crippen molar-refractivity contribution in [1.29, 1.82) is 0 Å². The van der Waals surface area contributed by atoms with Crippen LogP contribution in [0.1, 0.15) is 37.3 Å². The Hall–Kier alpha value is -1.79. The molecule has 0 aliphatic rings. The van der Waals surface area contributed by atoms with Crippen LogP contribution in [0.15, 0.2) is 82.6 Å². The van der Waals surface area contributed by atoms with Gasteiger partial charge in [-0.1, -0.05) is 65.8 Å². The Bertz CT molecular complexity index is 1120. The molecule has 0 aliphatic heterocycles. The van der Waals surface area contributed by atoms with Gasteiger partial charge in [0, 0.05) is 20.4 Å². The predicted octanol–water partition coefficient (Wildman–Crippen LogP) is 6.68. The minimum atomic E-state index is -4.03. The molecule has 3 aromatic carbocycles. The molecule has 0 amide bonds. The minimum absolute atomic E-state index is 0.189. The fourth-order valence-electron chi connectivity index (χ4n) is 3.51. The molecule has 0 saturated heterocycles. The topological polar surface area (TPSA) is 92.8 Å². The van der Waals surface area contributed by atoms with Gasteiger partial charge in [-0.05, 0) is 74.1 Å². The molecule has 8 heteroatoms. The summed E-state index contributed by atoms with van der Waals surface area (Å²) in [5.74, 6) is 0.820. The number of halogens is 1. The molecule has 3 aromatic rings. The Labute approximate surface area is 210 Å². The monoisotopic (exact) mass is 519 g/mol. The summed E-state index contributed by atoms with van der Waals surface area (Å²) in [7, 11) is -4.03. The van der Waals surface area contributed by atoms with Crippen LogP contribution in [0, 0.1) is 0 Å². The Morgan fingerprint density at radius 2 is 1.74 bits per heavy atom. The average Bonchev–Trinajstić information content (AvgIpc) is 2.78. The zero-order valence-corrected chi connectivity index (χ0v) is 21.7. The van der Waals surface area contributed by atoms with Gasteiger partial charge in [0.15, 0.2) is 0 Å². The molecule has 0 aromatic heterocycles. The average molecular weight is 520 g/mol. The van der Waals surface area contributed by atoms with E-state index in [9.17, 15) is 4.57 Å². The molecule has 4 N–H and O–H groups in total. The Morgan fingerprint density at radius 3 is 2.44 bits per heavy atom. The first-order valence-electron chi connectivity index (χ1n) is 11.2. The van der Waals surface area contributed by atoms with Gasteiger partial charge in [-0.25, -0.2) is 0 Å². The largest absolute Gasteiger partial charge is 0.489 e. The lowest BCUT2D eigenvalue weighted by molar-refractivity contribution is 0.305. The summed E-state index contributed by atoms with van der Waals surface area (Å²) in [6.45, 7) is 2.36. The molecule has 0 fully saturated rings. The lowest BCUT2D eigenvalue weighted by Crippen LogP contribution is -2.37. The molecule has 182 valence electrons. The van der Waals surface area contributed by atoms with Crippen molar-refractivity contribution < 1.29 is 19.1 Å². The van der Waals surface area contributed by atoms with Crippen molar-refractivity contribution in [3.05, 3.63) is 88.9 Å². The number of hydrogen-bond donors (Lipinski definition) is 3. The molecule has 1 unspecified atom stereocenters. The first kappa shape index (κ1) is 26.8. The Morgan fingerprint density at radius 1 is 1.00 bits per heavy atom. The van der Waals surface area contributed by atoms with Gasteiger partial charge in [-0.15, -0.1) is 0 Å². The maximum atomic E-state index is 11.1. The summed E-state index contributed by atoms with van der Waals surface area (Å²) < 4.78 is 17.0. The highest BCUT2D eigenvalue weighted by molar-refractivity contribution is 7.99. The third-order valence-corrected chi connectivity index (χ3v) is 7.62. The third kappa shape index (κ3) is 9.46. The van der Waals surface area contributed by atoms with Crippen LogP contribution in [0.5, 0.6) is 5.75 Å². The van der Waals surface area contributed by atoms with E-state index in [2.05, 4.69) is 6.07 Å². The summed E-state index contributed by atoms with van der Waals surface area (Å²) in [4.78, 5) is 20.3. The molecule has 0 spiro atoms. The number of nitrogens with two attached hydrogens (primary N) is 1. The summed E-state index contributed by atoms with van der Waals surface area (Å²) in [5, 5.41) is 0.704. The van der Waals surface area contributed by atoms with Gasteiger partial charge < -0.3 is 20.3 Å². The fraction of sp³-hybridized carbons (Fsp3) is 0.308. The molecular formula is C26H31ClNO4PS. The van der Waals surface area contributed by atoms with Gasteiger partial charge >= 0.3 is 7.60 Å². The standard InChI is InChI=1S/C26H31ClNO4PS/c1-26(28,15-16-33(29,30)31)14-6-9-21-12-13-24(18-25(21)27)34-23-11-5-10-22(17-23)32-19-20-7-3-2-4-8-20/h2-5,7-8,10-13,17-18H,6,9,14-16,19,28H2,1H3,(H2,29,30,31). The van der Waals surface area contributed by atoms with Crippen LogP contribution in [0.25, 0.3) is 0 Å². The molecule has 0 heterocycles. The molecule has 0 radical (unpaired) electrons. The van der Waals surface area contributed by atoms with Crippen molar-refractivity contribution in [2.24, 2.45) is 5.73 Å². The van der Waals surface area contributed by atoms with Gasteiger partial charge in [0.1, 0.15) is 12.4 Å². The van der Waals surface area contributed by atoms with Crippen LogP contribution in [0.2, 0.25) is 5.02 Å². The quantitative estimate of drug-likeness (QED) is 0.231. The van der Waals surface area contributed by atoms with E-state index in [0.29, 0.717) is 18.1 Å². The number of hydrogen-bond acceptors (Lipinski definition) is 4. The smallest absolute Gasteiger partial charge is 0.325 e. The van der Waals surface area contributed by atoms with Gasteiger partial charge in [-0.3, -0.25) is 4.57 Å². The maximum absolute atomic E-state index is 11.1. The minimum Gasteiger partial charge on any atom is -0.489 e. The lowest BCUT2D eigenvalue weighted by atomic mass is 9.92. The zero-order chi connectivity index (χ0) is 24.6. The predicted molar refractivity (Wildman–Crippen MR) is 140 cm³/mol. The second kappa shape index (κ2) is 12.3. The van der Waals surface area contributed by atoms with Gasteiger partial charge in [0.05, 0.1) is 6.16 Å². The SMILES string of the molecule is CC(N)(CCCc1ccc(Sc2cccc(OCc3ccccc3)c2)cc1Cl)CCP(=O)(O)O. The summed E-state index contributed by atoms with van der Waals surface area (Å²) >= 11 is 8.17. The number of benzene rings is 3. The van der Waals surface area contributed by atoms with Crippen molar-refractivity contribution in [2.45, 2.75) is 54.5 Å². The van der Waals surface area contributed by atoms with E-state index in [0.717, 1.165) is 39.5 Å². The van der Waals surface area contributed by atoms with Crippen molar-refractivity contribution in [3.8, 4) is 5.75 Å². The normalized spacial score (nSPS) is 13.4. The fourth-order valence-corrected chi connectivity index (χ4v) is 5.56. The van der Waals surface area contributed by atoms with Gasteiger partial charge in [-0.2, -0.15) is 0 Å². The third-order valence-electron chi connectivity index (χ3n) is 5.48. The van der Waals surface area contributed by atoms with Gasteiger partial charge in [0.25, 0.3) is 0 Å². The molecule has 0 saturated carbocycles. The summed E-state index contributed by atoms with van der Waals surface area (Å²) in [6, 6.07) is 24.1. The number of rotatable bonds is 12. The van der Waals surface area contributed by atoms with Crippen LogP contribution >= 0.6 is 31.0 Å². The van der Waals surface area contributed by atoms with Crippen molar-refractivity contribution in [3.63, 3.8) is 0 Å². The van der Waals surface area contributed by atoms with E-state index in [4.69, 9.17) is 31.9 Å². The molecule has 0 aliphatic carbocycles. The van der Waals surface area contributed by atoms with Crippen molar-refractivity contribution >= 4 is 31.0 Å². The molecule has 34 heavy (non-hydrogen) atoms. The van der Waals surface area contributed by atoms with E-state index in [1.807, 2.05) is 73.7 Å². The van der Waals surface area contributed by atoms with Crippen molar-refractivity contribution in [2.75, 3.05) is 6.16 Å². The molecular weight excluding hydrogens is 489 g/mol. The zero-order valence-electron chi connectivity index (χ0n) is 19.2. The summed E-state index contributed by atoms with van der Waals surface area (Å²) in [6.07, 6.45) is 2.31. The van der Waals surface area contributed by atoms with E-state index >= 15 is 0 Å². The summed E-state index contributed by atoms with van der Waals surface area (Å²) in [5.41, 5.74) is 7.76. The number of aryl methyl sites for hydroxylation is 1. The highest BCUT2D eigenvalue weighted by Crippen LogP contribution is 2.37. The second-order valence-electron chi connectivity index (χ2n) is 8.75. The highest BCUT2D eigenvalue weighted by atomic mass is 35.5. The molecule has 1 atom stereocenters. The van der Waals surface area contributed by atoms with E-state index < -0.39 is 13.1 Å². The first-order chi connectivity index (χ1) is 16.1. The maximum Gasteiger partial charge on any atom is 0.325 e. The van der Waals surface area contributed by atoms with E-state index in [1.54, 1.807) is 11.8 Å². The van der Waals surface area contributed by atoms with Crippen molar-refractivity contribution in [1.82, 2.24) is 0 Å². The lowest BCUT2D eigenvalue weighted by Gasteiger charge is -2.24. The molecule has 5 nitrogen and oxygen atoms in total. The Kier molecular flexibility index (Phi) is 9.66. The molecule has 3 rings (SSSR count). The molecule has 0 bridgehead atoms. The van der Waals surface area contributed by atoms with Gasteiger partial charge in [0.2, 0.25) is 0 Å². The van der Waals surface area contributed by atoms with Crippen LogP contribution in [-0.4, -0.2) is 21.5 Å². The van der Waals surface area contributed by atoms with Crippen LogP contribution < -0.4 is 10.5 Å². The van der Waals surface area contributed by atoms with E-state index in [-0.39, 0.29) is 12.6 Å². The number of ether oxygens (including phenoxy) is 1. The van der Waals surface area contributed by atoms with E-state index in [1.165, 1.54) is 0 Å². The van der Waals surface area contributed by atoms with Crippen LogP contribution in [0.4, 0.5) is 0 Å². The first-order valence-corrected chi connectivity index (χ1v) is 14.2. The highest BCUT2D eigenvalue weighted by Gasteiger charge is 2.23. The van der Waals surface area contributed by atoms with Crippen LogP contribution in [-0.2, 0) is 17.6 Å².